The lowest BCUT2D eigenvalue weighted by molar-refractivity contribution is 0.0921. The molecule has 49 heavy (non-hydrogen) atoms. The zero-order chi connectivity index (χ0) is 35.0. The number of carbonyl (C=O) groups is 2. The summed E-state index contributed by atoms with van der Waals surface area (Å²) < 4.78 is 0. The largest absolute Gasteiger partial charge is 0.351 e. The maximum Gasteiger partial charge on any atom is 0.252 e. The van der Waals surface area contributed by atoms with Crippen LogP contribution in [0.4, 0.5) is 0 Å². The average Bonchev–Trinajstić information content (AvgIpc) is 3.06. The number of hydrogen-bond acceptors (Lipinski definition) is 4. The minimum atomic E-state index is -0.510. The number of rotatable bonds is 8. The number of amides is 2. The number of pyridine rings is 2. The zero-order valence-corrected chi connectivity index (χ0v) is 30.2. The minimum Gasteiger partial charge on any atom is -0.351 e. The van der Waals surface area contributed by atoms with Crippen molar-refractivity contribution >= 4 is 80.0 Å². The smallest absolute Gasteiger partial charge is 0.252 e. The SMILES string of the molecule is Cc1c(-c2ccc(Cl)cc2Cl)nc2ccccc2c1C(=O)NCC(C)(C)CNC(=O)c1c(C)c(-c2ccc(Cl)cc2Cl)nc2ccccc12. The number of aromatic nitrogens is 2. The average molecular weight is 731 g/mol. The number of halogens is 4. The van der Waals surface area contributed by atoms with Gasteiger partial charge in [0.15, 0.2) is 0 Å². The van der Waals surface area contributed by atoms with Gasteiger partial charge in [-0.2, -0.15) is 0 Å². The number of para-hydroxylation sites is 2. The van der Waals surface area contributed by atoms with Crippen LogP contribution < -0.4 is 10.6 Å². The van der Waals surface area contributed by atoms with Gasteiger partial charge in [-0.15, -0.1) is 0 Å². The fourth-order valence-electron chi connectivity index (χ4n) is 5.97. The van der Waals surface area contributed by atoms with Crippen molar-refractivity contribution in [2.24, 2.45) is 5.41 Å². The molecule has 2 amide bonds. The van der Waals surface area contributed by atoms with Crippen molar-refractivity contribution in [2.45, 2.75) is 27.7 Å². The molecule has 0 aliphatic heterocycles. The number of nitrogens with one attached hydrogen (secondary N) is 2. The second-order valence-corrected chi connectivity index (χ2v) is 14.4. The monoisotopic (exact) mass is 728 g/mol. The predicted octanol–water partition coefficient (Wildman–Crippen LogP) is 10.5. The number of benzene rings is 4. The molecule has 6 nitrogen and oxygen atoms in total. The zero-order valence-electron chi connectivity index (χ0n) is 27.2. The number of fused-ring (bicyclic) bond motifs is 2. The second-order valence-electron chi connectivity index (χ2n) is 12.7. The van der Waals surface area contributed by atoms with Crippen molar-refractivity contribution in [3.63, 3.8) is 0 Å². The summed E-state index contributed by atoms with van der Waals surface area (Å²) in [4.78, 5) is 37.5. The van der Waals surface area contributed by atoms with E-state index in [1.807, 2.05) is 88.4 Å². The van der Waals surface area contributed by atoms with Gasteiger partial charge in [0.25, 0.3) is 11.8 Å². The molecule has 0 saturated heterocycles. The van der Waals surface area contributed by atoms with Gasteiger partial charge < -0.3 is 10.6 Å². The second kappa shape index (κ2) is 14.0. The Morgan fingerprint density at radius 3 is 1.39 bits per heavy atom. The van der Waals surface area contributed by atoms with Crippen LogP contribution >= 0.6 is 46.4 Å². The molecule has 0 fully saturated rings. The Morgan fingerprint density at radius 2 is 1.00 bits per heavy atom. The molecule has 2 aromatic heterocycles. The Kier molecular flexibility index (Phi) is 9.88. The fraction of sp³-hybridized carbons (Fsp3) is 0.179. The lowest BCUT2D eigenvalue weighted by Gasteiger charge is -2.26. The first-order chi connectivity index (χ1) is 23.3. The normalized spacial score (nSPS) is 11.6. The molecule has 2 N–H and O–H groups in total. The van der Waals surface area contributed by atoms with Gasteiger partial charge in [-0.1, -0.05) is 96.6 Å². The molecule has 0 saturated carbocycles. The Labute approximate surface area is 304 Å². The van der Waals surface area contributed by atoms with Crippen LogP contribution in [0.2, 0.25) is 20.1 Å². The quantitative estimate of drug-likeness (QED) is 0.163. The van der Waals surface area contributed by atoms with Crippen LogP contribution in [0.3, 0.4) is 0 Å². The first kappa shape index (κ1) is 34.7. The van der Waals surface area contributed by atoms with Crippen molar-refractivity contribution in [3.8, 4) is 22.5 Å². The molecule has 0 aliphatic rings. The molecule has 248 valence electrons. The number of hydrogen-bond donors (Lipinski definition) is 2. The number of nitrogens with zero attached hydrogens (tertiary/aromatic N) is 2. The highest BCUT2D eigenvalue weighted by atomic mass is 35.5. The molecule has 0 radical (unpaired) electrons. The van der Waals surface area contributed by atoms with Gasteiger partial charge in [0.2, 0.25) is 0 Å². The molecule has 10 heteroatoms. The van der Waals surface area contributed by atoms with Crippen molar-refractivity contribution in [1.82, 2.24) is 20.6 Å². The summed E-state index contributed by atoms with van der Waals surface area (Å²) in [6.07, 6.45) is 0. The standard InChI is InChI=1S/C39H32Cl4N4O2/c1-21-33(27-9-5-7-11-31(27)46-35(21)25-15-13-23(40)17-29(25)42)37(48)44-19-39(3,4)20-45-38(49)34-22(2)36(26-16-14-24(41)18-30(26)43)47-32-12-8-6-10-28(32)34/h5-18H,19-20H2,1-4H3,(H,44,48)(H,45,49). The van der Waals surface area contributed by atoms with Crippen molar-refractivity contribution in [1.29, 1.82) is 0 Å². The molecule has 6 aromatic rings. The maximum atomic E-state index is 13.9. The van der Waals surface area contributed by atoms with E-state index in [4.69, 9.17) is 56.4 Å². The Bertz CT molecular complexity index is 2130. The van der Waals surface area contributed by atoms with Crippen LogP contribution in [-0.4, -0.2) is 34.9 Å². The summed E-state index contributed by atoms with van der Waals surface area (Å²) in [5.74, 6) is -0.496. The highest BCUT2D eigenvalue weighted by Crippen LogP contribution is 2.36. The van der Waals surface area contributed by atoms with Gasteiger partial charge in [0.1, 0.15) is 0 Å². The summed E-state index contributed by atoms with van der Waals surface area (Å²) >= 11 is 25.4. The van der Waals surface area contributed by atoms with E-state index in [0.29, 0.717) is 89.0 Å². The summed E-state index contributed by atoms with van der Waals surface area (Å²) in [5.41, 5.74) is 5.84. The van der Waals surface area contributed by atoms with Crippen LogP contribution in [0.5, 0.6) is 0 Å². The third-order valence-corrected chi connectivity index (χ3v) is 9.65. The molecular weight excluding hydrogens is 698 g/mol. The molecule has 2 heterocycles. The van der Waals surface area contributed by atoms with Crippen LogP contribution in [0.25, 0.3) is 44.3 Å². The molecule has 4 aromatic carbocycles. The van der Waals surface area contributed by atoms with E-state index in [-0.39, 0.29) is 11.8 Å². The molecule has 0 atom stereocenters. The van der Waals surface area contributed by atoms with Gasteiger partial charge in [0.05, 0.1) is 43.6 Å². The highest BCUT2D eigenvalue weighted by Gasteiger charge is 2.26. The van der Waals surface area contributed by atoms with Gasteiger partial charge >= 0.3 is 0 Å². The lowest BCUT2D eigenvalue weighted by atomic mass is 9.92. The van der Waals surface area contributed by atoms with Crippen LogP contribution in [-0.2, 0) is 0 Å². The molecule has 0 unspecified atom stereocenters. The molecule has 0 aliphatic carbocycles. The predicted molar refractivity (Wildman–Crippen MR) is 202 cm³/mol. The van der Waals surface area contributed by atoms with E-state index in [2.05, 4.69) is 10.6 Å². The maximum absolute atomic E-state index is 13.9. The summed E-state index contributed by atoms with van der Waals surface area (Å²) in [6.45, 7) is 8.29. The molecule has 0 spiro atoms. The van der Waals surface area contributed by atoms with E-state index in [1.165, 1.54) is 0 Å². The van der Waals surface area contributed by atoms with Gasteiger partial charge in [-0.05, 0) is 78.9 Å². The topological polar surface area (TPSA) is 84.0 Å². The van der Waals surface area contributed by atoms with Crippen LogP contribution in [0.15, 0.2) is 84.9 Å². The Balaban J connectivity index is 1.25. The van der Waals surface area contributed by atoms with E-state index in [1.54, 1.807) is 24.3 Å². The van der Waals surface area contributed by atoms with Crippen molar-refractivity contribution in [3.05, 3.63) is 127 Å². The third-order valence-electron chi connectivity index (χ3n) is 8.55. The van der Waals surface area contributed by atoms with E-state index in [9.17, 15) is 9.59 Å². The van der Waals surface area contributed by atoms with Crippen LogP contribution in [0.1, 0.15) is 45.7 Å². The minimum absolute atomic E-state index is 0.248. The molecule has 6 rings (SSSR count). The summed E-state index contributed by atoms with van der Waals surface area (Å²) in [6, 6.07) is 25.5. The lowest BCUT2D eigenvalue weighted by Crippen LogP contribution is -2.42. The Hall–Kier alpha value is -4.20. The first-order valence-electron chi connectivity index (χ1n) is 15.6. The third kappa shape index (κ3) is 7.10. The van der Waals surface area contributed by atoms with Gasteiger partial charge in [-0.25, -0.2) is 9.97 Å². The first-order valence-corrected chi connectivity index (χ1v) is 17.1. The van der Waals surface area contributed by atoms with Crippen molar-refractivity contribution in [2.75, 3.05) is 13.1 Å². The van der Waals surface area contributed by atoms with Gasteiger partial charge in [-0.3, -0.25) is 9.59 Å². The Morgan fingerprint density at radius 1 is 0.612 bits per heavy atom. The van der Waals surface area contributed by atoms with E-state index >= 15 is 0 Å². The highest BCUT2D eigenvalue weighted by molar-refractivity contribution is 6.37. The number of carbonyl (C=O) groups excluding carboxylic acids is 2. The van der Waals surface area contributed by atoms with Crippen molar-refractivity contribution < 1.29 is 9.59 Å². The molecule has 0 bridgehead atoms. The van der Waals surface area contributed by atoms with Gasteiger partial charge in [0, 0.05) is 45.0 Å². The fourth-order valence-corrected chi connectivity index (χ4v) is 6.96. The molecular formula is C39H32Cl4N4O2. The summed E-state index contributed by atoms with van der Waals surface area (Å²) in [7, 11) is 0. The van der Waals surface area contributed by atoms with E-state index in [0.717, 1.165) is 10.8 Å². The summed E-state index contributed by atoms with van der Waals surface area (Å²) in [5, 5.41) is 9.60. The van der Waals surface area contributed by atoms with Crippen LogP contribution in [0, 0.1) is 19.3 Å². The van der Waals surface area contributed by atoms with E-state index < -0.39 is 5.41 Å².